The van der Waals surface area contributed by atoms with Crippen molar-refractivity contribution < 1.29 is 14.3 Å². The number of aromatic hydroxyl groups is 1. The molecule has 0 unspecified atom stereocenters. The zero-order chi connectivity index (χ0) is 23.7. The maximum atomic E-state index is 12.3. The van der Waals surface area contributed by atoms with Crippen molar-refractivity contribution in [2.45, 2.75) is 39.2 Å². The van der Waals surface area contributed by atoms with Gasteiger partial charge in [0, 0.05) is 14.1 Å². The molecule has 1 aromatic heterocycles. The minimum Gasteiger partial charge on any atom is -0.505 e. The smallest absolute Gasteiger partial charge is 0.257 e. The summed E-state index contributed by atoms with van der Waals surface area (Å²) >= 11 is 0. The van der Waals surface area contributed by atoms with Crippen LogP contribution in [0.5, 0.6) is 5.75 Å². The number of rotatable bonds is 8. The number of furan rings is 1. The van der Waals surface area contributed by atoms with E-state index >= 15 is 0 Å². The number of nitrogens with one attached hydrogen (secondary N) is 2. The van der Waals surface area contributed by atoms with Gasteiger partial charge in [-0.15, -0.1) is 0 Å². The highest BCUT2D eigenvalue weighted by Gasteiger charge is 2.27. The summed E-state index contributed by atoms with van der Waals surface area (Å²) in [6, 6.07) is 6.03. The maximum Gasteiger partial charge on any atom is 0.257 e. The van der Waals surface area contributed by atoms with Crippen LogP contribution >= 0.6 is 0 Å². The fraction of sp³-hybridized carbons (Fsp3) is 0.348. The van der Waals surface area contributed by atoms with E-state index in [-0.39, 0.29) is 40.3 Å². The minimum absolute atomic E-state index is 0.0156. The molecule has 3 N–H and O–H groups in total. The number of phenols is 1. The standard InChI is InChI=1S/C23H26BN3O5/c1-6-14(16-10-13(11(2)3)22(24)32-16)25-17-18(21(30)20(17)29)26-15-9-7-8-12(19(15)28)23(31)27(4)5/h7-11,14,25-26,28H,6H2,1-5H3/t14-/m1/s1. The Morgan fingerprint density at radius 3 is 2.41 bits per heavy atom. The predicted molar refractivity (Wildman–Crippen MR) is 126 cm³/mol. The lowest BCUT2D eigenvalue weighted by Crippen LogP contribution is -2.37. The van der Waals surface area contributed by atoms with E-state index in [2.05, 4.69) is 10.6 Å². The Balaban J connectivity index is 1.91. The number of anilines is 3. The molecule has 0 fully saturated rings. The second-order valence-electron chi connectivity index (χ2n) is 8.16. The second-order valence-corrected chi connectivity index (χ2v) is 8.16. The number of carbonyl (C=O) groups is 1. The van der Waals surface area contributed by atoms with Gasteiger partial charge in [-0.3, -0.25) is 14.4 Å². The summed E-state index contributed by atoms with van der Waals surface area (Å²) in [4.78, 5) is 38.1. The molecular formula is C23H26BN3O5. The molecule has 0 spiro atoms. The highest BCUT2D eigenvalue weighted by atomic mass is 16.3. The van der Waals surface area contributed by atoms with Gasteiger partial charge in [0.2, 0.25) is 0 Å². The zero-order valence-electron chi connectivity index (χ0n) is 18.8. The van der Waals surface area contributed by atoms with Gasteiger partial charge in [-0.05, 0) is 36.1 Å². The third-order valence-corrected chi connectivity index (χ3v) is 5.34. The summed E-state index contributed by atoms with van der Waals surface area (Å²) in [5.41, 5.74) is 0.134. The van der Waals surface area contributed by atoms with Crippen LogP contribution in [0.25, 0.3) is 0 Å². The summed E-state index contributed by atoms with van der Waals surface area (Å²) in [5.74, 6) is 0.0390. The van der Waals surface area contributed by atoms with Crippen LogP contribution in [-0.4, -0.2) is 37.9 Å². The van der Waals surface area contributed by atoms with Crippen molar-refractivity contribution >= 4 is 36.5 Å². The first-order chi connectivity index (χ1) is 15.1. The molecule has 1 heterocycles. The third-order valence-electron chi connectivity index (χ3n) is 5.34. The topological polar surface area (TPSA) is 112 Å². The molecule has 1 atom stereocenters. The number of hydrogen-bond acceptors (Lipinski definition) is 7. The van der Waals surface area contributed by atoms with Gasteiger partial charge in [-0.1, -0.05) is 26.8 Å². The van der Waals surface area contributed by atoms with Crippen LogP contribution in [0, 0.1) is 0 Å². The van der Waals surface area contributed by atoms with Crippen LogP contribution in [-0.2, 0) is 0 Å². The number of benzene rings is 1. The Morgan fingerprint density at radius 2 is 1.84 bits per heavy atom. The summed E-state index contributed by atoms with van der Waals surface area (Å²) in [6.45, 7) is 5.91. The van der Waals surface area contributed by atoms with E-state index in [9.17, 15) is 19.5 Å². The van der Waals surface area contributed by atoms with E-state index in [1.165, 1.54) is 17.0 Å². The van der Waals surface area contributed by atoms with Gasteiger partial charge in [-0.2, -0.15) is 0 Å². The van der Waals surface area contributed by atoms with Crippen molar-refractivity contribution in [2.75, 3.05) is 24.7 Å². The van der Waals surface area contributed by atoms with Crippen molar-refractivity contribution in [2.24, 2.45) is 0 Å². The van der Waals surface area contributed by atoms with Crippen molar-refractivity contribution in [3.8, 4) is 5.75 Å². The molecule has 0 aliphatic rings. The van der Waals surface area contributed by atoms with Gasteiger partial charge in [0.25, 0.3) is 16.8 Å². The summed E-state index contributed by atoms with van der Waals surface area (Å²) in [7, 11) is 9.10. The van der Waals surface area contributed by atoms with Crippen LogP contribution in [0.2, 0.25) is 0 Å². The number of hydrogen-bond donors (Lipinski definition) is 3. The van der Waals surface area contributed by atoms with Crippen LogP contribution in [0.15, 0.2) is 38.3 Å². The van der Waals surface area contributed by atoms with E-state index in [1.54, 1.807) is 20.2 Å². The van der Waals surface area contributed by atoms with Gasteiger partial charge in [0.15, 0.2) is 13.6 Å². The highest BCUT2D eigenvalue weighted by Crippen LogP contribution is 2.33. The fourth-order valence-corrected chi connectivity index (χ4v) is 3.45. The molecular weight excluding hydrogens is 409 g/mol. The second kappa shape index (κ2) is 8.94. The molecule has 0 aliphatic carbocycles. The Labute approximate surface area is 187 Å². The summed E-state index contributed by atoms with van der Waals surface area (Å²) in [5, 5.41) is 16.4. The maximum absolute atomic E-state index is 12.3. The average Bonchev–Trinajstić information content (AvgIpc) is 3.15. The predicted octanol–water partition coefficient (Wildman–Crippen LogP) is 2.51. The van der Waals surface area contributed by atoms with E-state index in [0.717, 1.165) is 5.56 Å². The molecule has 0 aliphatic heterocycles. The first-order valence-electron chi connectivity index (χ1n) is 10.4. The summed E-state index contributed by atoms with van der Waals surface area (Å²) in [6.07, 6.45) is 0.570. The van der Waals surface area contributed by atoms with Gasteiger partial charge in [-0.25, -0.2) is 0 Å². The minimum atomic E-state index is -0.715. The summed E-state index contributed by atoms with van der Waals surface area (Å²) < 4.78 is 5.69. The Kier molecular flexibility index (Phi) is 6.48. The molecule has 3 aromatic rings. The SMILES string of the molecule is [B]c1oc([C@@H](CC)Nc2c(Nc3cccc(C(=O)N(C)C)c3O)c(=O)c2=O)cc1C(C)C. The van der Waals surface area contributed by atoms with E-state index in [0.29, 0.717) is 17.8 Å². The Morgan fingerprint density at radius 1 is 1.19 bits per heavy atom. The Hall–Kier alpha value is -3.49. The lowest BCUT2D eigenvalue weighted by atomic mass is 9.93. The van der Waals surface area contributed by atoms with Gasteiger partial charge in [0.05, 0.1) is 23.0 Å². The molecule has 9 heteroatoms. The number of para-hydroxylation sites is 1. The van der Waals surface area contributed by atoms with Crippen molar-refractivity contribution in [1.29, 1.82) is 0 Å². The van der Waals surface area contributed by atoms with Gasteiger partial charge < -0.3 is 25.1 Å². The van der Waals surface area contributed by atoms with Crippen LogP contribution < -0.4 is 27.2 Å². The van der Waals surface area contributed by atoms with Crippen LogP contribution in [0.4, 0.5) is 17.1 Å². The van der Waals surface area contributed by atoms with Crippen molar-refractivity contribution in [3.05, 3.63) is 61.6 Å². The highest BCUT2D eigenvalue weighted by molar-refractivity contribution is 6.31. The van der Waals surface area contributed by atoms with E-state index in [4.69, 9.17) is 12.3 Å². The molecule has 1 amide bonds. The number of amides is 1. The van der Waals surface area contributed by atoms with Crippen molar-refractivity contribution in [1.82, 2.24) is 4.90 Å². The van der Waals surface area contributed by atoms with Gasteiger partial charge >= 0.3 is 0 Å². The molecule has 0 saturated carbocycles. The molecule has 0 bridgehead atoms. The number of carbonyl (C=O) groups excluding carboxylic acids is 1. The van der Waals surface area contributed by atoms with Crippen LogP contribution in [0.3, 0.4) is 0 Å². The fourth-order valence-electron chi connectivity index (χ4n) is 3.45. The number of phenolic OH excluding ortho intramolecular Hbond substituents is 1. The molecule has 3 rings (SSSR count). The Bertz CT molecular complexity index is 1220. The molecule has 166 valence electrons. The first-order valence-corrected chi connectivity index (χ1v) is 10.4. The average molecular weight is 435 g/mol. The monoisotopic (exact) mass is 435 g/mol. The molecule has 32 heavy (non-hydrogen) atoms. The van der Waals surface area contributed by atoms with E-state index in [1.807, 2.05) is 26.8 Å². The molecule has 2 aromatic carbocycles. The van der Waals surface area contributed by atoms with E-state index < -0.39 is 16.8 Å². The van der Waals surface area contributed by atoms with Crippen molar-refractivity contribution in [3.63, 3.8) is 0 Å². The first kappa shape index (κ1) is 23.2. The zero-order valence-corrected chi connectivity index (χ0v) is 18.8. The lowest BCUT2D eigenvalue weighted by molar-refractivity contribution is 0.0824. The quantitative estimate of drug-likeness (QED) is 0.283. The normalized spacial score (nSPS) is 12.2. The lowest BCUT2D eigenvalue weighted by Gasteiger charge is -2.21. The molecule has 2 radical (unpaired) electrons. The van der Waals surface area contributed by atoms with Crippen LogP contribution in [0.1, 0.15) is 60.8 Å². The largest absolute Gasteiger partial charge is 0.505 e. The number of nitrogens with zero attached hydrogens (tertiary/aromatic N) is 1. The molecule has 0 saturated heterocycles. The molecule has 8 nitrogen and oxygen atoms in total. The van der Waals surface area contributed by atoms with Gasteiger partial charge in [0.1, 0.15) is 17.1 Å². The third kappa shape index (κ3) is 4.15.